The van der Waals surface area contributed by atoms with Crippen LogP contribution in [0.15, 0.2) is 48.8 Å². The average molecular weight is 655 g/mol. The Balaban J connectivity index is 0.000000643. The molecule has 1 saturated heterocycles. The molecular formula is C37H58N4O4S. The molecule has 3 heterocycles. The molecule has 9 heteroatoms. The number of aryl methyl sites for hydroxylation is 1. The lowest BCUT2D eigenvalue weighted by Gasteiger charge is -2.35. The van der Waals surface area contributed by atoms with Crippen LogP contribution in [0.2, 0.25) is 0 Å². The lowest BCUT2D eigenvalue weighted by atomic mass is 9.89. The molecule has 1 unspecified atom stereocenters. The van der Waals surface area contributed by atoms with Gasteiger partial charge in [-0.3, -0.25) is 9.59 Å². The number of nitrogens with zero attached hydrogens (tertiary/aromatic N) is 3. The Bertz CT molecular complexity index is 1280. The summed E-state index contributed by atoms with van der Waals surface area (Å²) in [7, 11) is 3.50. The standard InChI is InChI=1S/C15H16N2O.C10H14OS.C9H17NO2.C2H6.CH5N/c1-11(10-18)7-13-3-5-14(6-4-13)15-16-8-12(2)9-17-15;1-4-10(2,3)9-6-5-8(7-11)12-9;1-9(2,3)12-8(11)7-5-10(4)6-7;2*1-2/h3-6,8-11H,7H2,1-2H3;5-7H,4H2,1-3H3;7H,5-6H2,1-4H3;1-2H3;2H2,1H3. The summed E-state index contributed by atoms with van der Waals surface area (Å²) in [5, 5.41) is 0. The van der Waals surface area contributed by atoms with Gasteiger partial charge >= 0.3 is 5.97 Å². The van der Waals surface area contributed by atoms with Crippen molar-refractivity contribution in [2.75, 3.05) is 27.2 Å². The van der Waals surface area contributed by atoms with E-state index in [9.17, 15) is 14.4 Å². The zero-order chi connectivity index (χ0) is 35.5. The van der Waals surface area contributed by atoms with Crippen LogP contribution in [-0.2, 0) is 26.2 Å². The van der Waals surface area contributed by atoms with Crippen LogP contribution in [0.4, 0.5) is 0 Å². The summed E-state index contributed by atoms with van der Waals surface area (Å²) >= 11 is 1.60. The molecule has 8 nitrogen and oxygen atoms in total. The van der Waals surface area contributed by atoms with Crippen LogP contribution in [0.5, 0.6) is 0 Å². The van der Waals surface area contributed by atoms with E-state index >= 15 is 0 Å². The maximum absolute atomic E-state index is 11.3. The van der Waals surface area contributed by atoms with E-state index in [4.69, 9.17) is 4.74 Å². The summed E-state index contributed by atoms with van der Waals surface area (Å²) in [6, 6.07) is 12.0. The second-order valence-electron chi connectivity index (χ2n) is 12.6. The number of esters is 1. The van der Waals surface area contributed by atoms with Crippen LogP contribution in [0.25, 0.3) is 11.4 Å². The minimum absolute atomic E-state index is 0.0550. The molecular weight excluding hydrogens is 596 g/mol. The topological polar surface area (TPSA) is 115 Å². The van der Waals surface area contributed by atoms with Gasteiger partial charge in [0.1, 0.15) is 11.9 Å². The second kappa shape index (κ2) is 21.5. The zero-order valence-electron chi connectivity index (χ0n) is 30.2. The smallest absolute Gasteiger partial charge is 0.312 e. The van der Waals surface area contributed by atoms with Gasteiger partial charge in [-0.25, -0.2) is 9.97 Å². The van der Waals surface area contributed by atoms with Gasteiger partial charge in [0.05, 0.1) is 10.8 Å². The predicted octanol–water partition coefficient (Wildman–Crippen LogP) is 7.57. The average Bonchev–Trinajstić information content (AvgIpc) is 3.53. The van der Waals surface area contributed by atoms with Crippen molar-refractivity contribution in [2.45, 2.75) is 93.1 Å². The van der Waals surface area contributed by atoms with Crippen LogP contribution in [0, 0.1) is 18.8 Å². The van der Waals surface area contributed by atoms with E-state index in [2.05, 4.69) is 47.4 Å². The summed E-state index contributed by atoms with van der Waals surface area (Å²) in [5.41, 5.74) is 7.58. The maximum atomic E-state index is 11.3. The largest absolute Gasteiger partial charge is 0.460 e. The third kappa shape index (κ3) is 15.8. The number of hydrogen-bond acceptors (Lipinski definition) is 9. The Hall–Kier alpha value is -3.27. The molecule has 4 rings (SSSR count). The molecule has 2 N–H and O–H groups in total. The van der Waals surface area contributed by atoms with Crippen LogP contribution in [0.3, 0.4) is 0 Å². The molecule has 0 spiro atoms. The van der Waals surface area contributed by atoms with Gasteiger partial charge in [-0.15, -0.1) is 11.3 Å². The fourth-order valence-electron chi connectivity index (χ4n) is 3.94. The Morgan fingerprint density at radius 3 is 1.98 bits per heavy atom. The molecule has 0 bridgehead atoms. The number of likely N-dealkylation sites (tertiary alicyclic amines) is 1. The van der Waals surface area contributed by atoms with E-state index in [-0.39, 0.29) is 28.8 Å². The van der Waals surface area contributed by atoms with E-state index in [1.807, 2.05) is 98.2 Å². The van der Waals surface area contributed by atoms with Crippen molar-refractivity contribution in [2.24, 2.45) is 17.6 Å². The van der Waals surface area contributed by atoms with Crippen LogP contribution >= 0.6 is 11.3 Å². The van der Waals surface area contributed by atoms with Crippen molar-refractivity contribution in [1.82, 2.24) is 14.9 Å². The lowest BCUT2D eigenvalue weighted by molar-refractivity contribution is -0.165. The number of nitrogens with two attached hydrogens (primary N) is 1. The number of carbonyl (C=O) groups is 3. The number of hydrogen-bond donors (Lipinski definition) is 1. The van der Waals surface area contributed by atoms with Gasteiger partial charge in [-0.05, 0) is 83.3 Å². The quantitative estimate of drug-likeness (QED) is 0.195. The minimum atomic E-state index is -0.342. The first kappa shape index (κ1) is 42.7. The van der Waals surface area contributed by atoms with Crippen LogP contribution < -0.4 is 5.73 Å². The van der Waals surface area contributed by atoms with Crippen molar-refractivity contribution in [3.63, 3.8) is 0 Å². The number of aromatic nitrogens is 2. The Morgan fingerprint density at radius 2 is 1.57 bits per heavy atom. The molecule has 0 amide bonds. The predicted molar refractivity (Wildman–Crippen MR) is 192 cm³/mol. The van der Waals surface area contributed by atoms with Crippen LogP contribution in [-0.4, -0.2) is 66.2 Å². The SMILES string of the molecule is CC.CCC(C)(C)c1ccc(C=O)s1.CN.CN1CC(C(=O)OC(C)(C)C)C1.Cc1cnc(-c2ccc(CC(C)C=O)cc2)nc1. The fraction of sp³-hybridized carbons (Fsp3) is 0.541. The molecule has 256 valence electrons. The second-order valence-corrected chi connectivity index (χ2v) is 13.7. The molecule has 1 aromatic carbocycles. The number of benzene rings is 1. The van der Waals surface area contributed by atoms with Crippen molar-refractivity contribution in [3.8, 4) is 11.4 Å². The third-order valence-electron chi connectivity index (χ3n) is 6.88. The van der Waals surface area contributed by atoms with Crippen LogP contribution in [0.1, 0.15) is 94.4 Å². The first-order valence-corrected chi connectivity index (χ1v) is 16.9. The highest BCUT2D eigenvalue weighted by atomic mass is 32.1. The number of thiophene rings is 1. The summed E-state index contributed by atoms with van der Waals surface area (Å²) in [6.45, 7) is 21.8. The molecule has 0 radical (unpaired) electrons. The molecule has 1 aliphatic heterocycles. The molecule has 1 fully saturated rings. The van der Waals surface area contributed by atoms with Gasteiger partial charge in [0.15, 0.2) is 12.1 Å². The number of aldehydes is 2. The van der Waals surface area contributed by atoms with Crippen molar-refractivity contribution < 1.29 is 19.1 Å². The Kier molecular flexibility index (Phi) is 20.0. The summed E-state index contributed by atoms with van der Waals surface area (Å²) in [6.07, 6.45) is 7.40. The normalized spacial score (nSPS) is 13.3. The highest BCUT2D eigenvalue weighted by molar-refractivity contribution is 7.13. The first-order valence-electron chi connectivity index (χ1n) is 16.0. The molecule has 1 aliphatic rings. The number of rotatable bonds is 8. The maximum Gasteiger partial charge on any atom is 0.312 e. The van der Waals surface area contributed by atoms with E-state index in [1.54, 1.807) is 11.3 Å². The Labute approximate surface area is 282 Å². The van der Waals surface area contributed by atoms with Gasteiger partial charge in [-0.2, -0.15) is 0 Å². The van der Waals surface area contributed by atoms with Crippen molar-refractivity contribution in [3.05, 3.63) is 69.7 Å². The molecule has 2 aromatic heterocycles. The summed E-state index contributed by atoms with van der Waals surface area (Å²) in [5.74, 6) is 0.844. The molecule has 0 aliphatic carbocycles. The lowest BCUT2D eigenvalue weighted by Crippen LogP contribution is -2.49. The minimum Gasteiger partial charge on any atom is -0.460 e. The summed E-state index contributed by atoms with van der Waals surface area (Å²) < 4.78 is 5.22. The van der Waals surface area contributed by atoms with Crippen molar-refractivity contribution >= 4 is 29.9 Å². The van der Waals surface area contributed by atoms with Crippen molar-refractivity contribution in [1.29, 1.82) is 0 Å². The first-order chi connectivity index (χ1) is 21.7. The number of ether oxygens (including phenoxy) is 1. The molecule has 46 heavy (non-hydrogen) atoms. The Morgan fingerprint density at radius 1 is 1.02 bits per heavy atom. The fourth-order valence-corrected chi connectivity index (χ4v) is 4.93. The molecule has 3 aromatic rings. The van der Waals surface area contributed by atoms with Gasteiger partial charge in [0.25, 0.3) is 0 Å². The zero-order valence-corrected chi connectivity index (χ0v) is 31.0. The monoisotopic (exact) mass is 654 g/mol. The summed E-state index contributed by atoms with van der Waals surface area (Å²) in [4.78, 5) is 45.2. The highest BCUT2D eigenvalue weighted by Gasteiger charge is 2.33. The number of carbonyl (C=O) groups excluding carboxylic acids is 3. The van der Waals surface area contributed by atoms with E-state index < -0.39 is 0 Å². The van der Waals surface area contributed by atoms with Gasteiger partial charge in [-0.1, -0.05) is 65.8 Å². The highest BCUT2D eigenvalue weighted by Crippen LogP contribution is 2.31. The molecule has 1 atom stereocenters. The van der Waals surface area contributed by atoms with Gasteiger partial charge in [0.2, 0.25) is 0 Å². The van der Waals surface area contributed by atoms with E-state index in [0.717, 1.165) is 65.9 Å². The van der Waals surface area contributed by atoms with E-state index in [1.165, 1.54) is 11.9 Å². The third-order valence-corrected chi connectivity index (χ3v) is 8.26. The molecule has 0 saturated carbocycles. The van der Waals surface area contributed by atoms with E-state index in [0.29, 0.717) is 0 Å². The van der Waals surface area contributed by atoms with Gasteiger partial charge < -0.3 is 20.2 Å². The van der Waals surface area contributed by atoms with Gasteiger partial charge in [0, 0.05) is 41.8 Å².